The zero-order valence-corrected chi connectivity index (χ0v) is 11.8. The van der Waals surface area contributed by atoms with Crippen molar-refractivity contribution in [1.29, 1.82) is 0 Å². The van der Waals surface area contributed by atoms with Crippen molar-refractivity contribution in [1.82, 2.24) is 4.98 Å². The van der Waals surface area contributed by atoms with Crippen LogP contribution in [-0.2, 0) is 17.2 Å². The Hall–Kier alpha value is -1.58. The number of hydrogen-bond acceptors (Lipinski definition) is 3. The predicted molar refractivity (Wildman–Crippen MR) is 75.8 cm³/mol. The molecule has 0 saturated heterocycles. The zero-order chi connectivity index (χ0) is 13.7. The van der Waals surface area contributed by atoms with E-state index in [1.807, 2.05) is 37.3 Å². The molecule has 1 aromatic carbocycles. The molecule has 0 aliphatic carbocycles. The summed E-state index contributed by atoms with van der Waals surface area (Å²) in [5.74, 6) is 1.89. The first-order chi connectivity index (χ1) is 9.22. The molecule has 0 aliphatic rings. The molecule has 0 spiro atoms. The van der Waals surface area contributed by atoms with Gasteiger partial charge in [-0.15, -0.1) is 11.6 Å². The highest BCUT2D eigenvalue weighted by Gasteiger charge is 2.06. The van der Waals surface area contributed by atoms with Crippen molar-refractivity contribution in [2.45, 2.75) is 19.4 Å². The van der Waals surface area contributed by atoms with Crippen molar-refractivity contribution in [2.24, 2.45) is 0 Å². The maximum Gasteiger partial charge on any atom is 0.135 e. The van der Waals surface area contributed by atoms with E-state index in [4.69, 9.17) is 21.1 Å². The van der Waals surface area contributed by atoms with E-state index in [9.17, 15) is 0 Å². The Labute approximate surface area is 118 Å². The van der Waals surface area contributed by atoms with E-state index in [0.717, 1.165) is 28.3 Å². The van der Waals surface area contributed by atoms with Crippen molar-refractivity contribution in [3.63, 3.8) is 0 Å². The largest absolute Gasteiger partial charge is 0.457 e. The predicted octanol–water partition coefficient (Wildman–Crippen LogP) is 4.07. The number of pyridine rings is 1. The van der Waals surface area contributed by atoms with E-state index in [1.165, 1.54) is 0 Å². The van der Waals surface area contributed by atoms with Gasteiger partial charge in [0.2, 0.25) is 0 Å². The molecule has 2 rings (SSSR count). The van der Waals surface area contributed by atoms with Crippen LogP contribution in [0.1, 0.15) is 16.8 Å². The SMILES string of the molecule is COCc1cccc(Oc2cc(C)ncc2CCl)c1. The highest BCUT2D eigenvalue weighted by molar-refractivity contribution is 6.17. The number of alkyl halides is 1. The molecule has 2 aromatic rings. The van der Waals surface area contributed by atoms with Gasteiger partial charge in [-0.1, -0.05) is 12.1 Å². The van der Waals surface area contributed by atoms with Crippen LogP contribution >= 0.6 is 11.6 Å². The van der Waals surface area contributed by atoms with Gasteiger partial charge in [0.05, 0.1) is 12.5 Å². The molecule has 0 saturated carbocycles. The van der Waals surface area contributed by atoms with Crippen LogP contribution in [-0.4, -0.2) is 12.1 Å². The molecule has 0 N–H and O–H groups in total. The number of aryl methyl sites for hydroxylation is 1. The molecule has 0 unspecified atom stereocenters. The van der Waals surface area contributed by atoms with Crippen LogP contribution in [0.3, 0.4) is 0 Å². The number of ether oxygens (including phenoxy) is 2. The van der Waals surface area contributed by atoms with Crippen molar-refractivity contribution < 1.29 is 9.47 Å². The number of aromatic nitrogens is 1. The van der Waals surface area contributed by atoms with Gasteiger partial charge in [0.25, 0.3) is 0 Å². The van der Waals surface area contributed by atoms with Crippen LogP contribution < -0.4 is 4.74 Å². The number of rotatable bonds is 5. The second-order valence-corrected chi connectivity index (χ2v) is 4.52. The van der Waals surface area contributed by atoms with Gasteiger partial charge in [0, 0.05) is 30.6 Å². The minimum absolute atomic E-state index is 0.375. The van der Waals surface area contributed by atoms with Crippen molar-refractivity contribution in [3.8, 4) is 11.5 Å². The smallest absolute Gasteiger partial charge is 0.135 e. The maximum atomic E-state index is 5.89. The standard InChI is InChI=1S/C15H16ClNO2/c1-11-6-15(13(8-16)9-17-11)19-14-5-3-4-12(7-14)10-18-2/h3-7,9H,8,10H2,1-2H3. The molecular formula is C15H16ClNO2. The average Bonchev–Trinajstić information content (AvgIpc) is 2.40. The summed E-state index contributed by atoms with van der Waals surface area (Å²) >= 11 is 5.89. The monoisotopic (exact) mass is 277 g/mol. The molecule has 3 nitrogen and oxygen atoms in total. The Morgan fingerprint density at radius 2 is 2.11 bits per heavy atom. The zero-order valence-electron chi connectivity index (χ0n) is 11.0. The Balaban J connectivity index is 2.25. The molecular weight excluding hydrogens is 262 g/mol. The summed E-state index contributed by atoms with van der Waals surface area (Å²) in [7, 11) is 1.67. The Bertz CT molecular complexity index is 558. The average molecular weight is 278 g/mol. The van der Waals surface area contributed by atoms with Crippen LogP contribution in [0.4, 0.5) is 0 Å². The third-order valence-electron chi connectivity index (χ3n) is 2.66. The van der Waals surface area contributed by atoms with Crippen LogP contribution in [0, 0.1) is 6.92 Å². The summed E-state index contributed by atoms with van der Waals surface area (Å²) in [4.78, 5) is 4.21. The Morgan fingerprint density at radius 1 is 1.26 bits per heavy atom. The first-order valence-electron chi connectivity index (χ1n) is 6.00. The summed E-state index contributed by atoms with van der Waals surface area (Å²) in [6.07, 6.45) is 1.75. The van der Waals surface area contributed by atoms with Gasteiger partial charge in [0.1, 0.15) is 11.5 Å². The van der Waals surface area contributed by atoms with Crippen molar-refractivity contribution in [2.75, 3.05) is 7.11 Å². The quantitative estimate of drug-likeness (QED) is 0.772. The number of methoxy groups -OCH3 is 1. The maximum absolute atomic E-state index is 5.89. The third kappa shape index (κ3) is 3.69. The fraction of sp³-hybridized carbons (Fsp3) is 0.267. The number of hydrogen-bond donors (Lipinski definition) is 0. The van der Waals surface area contributed by atoms with Gasteiger partial charge in [-0.25, -0.2) is 0 Å². The molecule has 0 amide bonds. The second-order valence-electron chi connectivity index (χ2n) is 4.25. The molecule has 19 heavy (non-hydrogen) atoms. The van der Waals surface area contributed by atoms with Gasteiger partial charge in [0.15, 0.2) is 0 Å². The normalized spacial score (nSPS) is 10.5. The Kier molecular flexibility index (Phi) is 4.77. The van der Waals surface area contributed by atoms with Crippen molar-refractivity contribution >= 4 is 11.6 Å². The summed E-state index contributed by atoms with van der Waals surface area (Å²) in [5.41, 5.74) is 2.85. The van der Waals surface area contributed by atoms with E-state index in [0.29, 0.717) is 12.5 Å². The van der Waals surface area contributed by atoms with Gasteiger partial charge < -0.3 is 9.47 Å². The first-order valence-corrected chi connectivity index (χ1v) is 6.53. The minimum atomic E-state index is 0.375. The number of benzene rings is 1. The van der Waals surface area contributed by atoms with E-state index in [-0.39, 0.29) is 0 Å². The van der Waals surface area contributed by atoms with E-state index in [1.54, 1.807) is 13.3 Å². The summed E-state index contributed by atoms with van der Waals surface area (Å²) < 4.78 is 11.0. The third-order valence-corrected chi connectivity index (χ3v) is 2.95. The van der Waals surface area contributed by atoms with Crippen LogP contribution in [0.15, 0.2) is 36.5 Å². The van der Waals surface area contributed by atoms with Crippen LogP contribution in [0.2, 0.25) is 0 Å². The molecule has 0 radical (unpaired) electrons. The van der Waals surface area contributed by atoms with E-state index in [2.05, 4.69) is 4.98 Å². The van der Waals surface area contributed by atoms with E-state index < -0.39 is 0 Å². The molecule has 0 bridgehead atoms. The topological polar surface area (TPSA) is 31.4 Å². The lowest BCUT2D eigenvalue weighted by Gasteiger charge is -2.11. The molecule has 0 aliphatic heterocycles. The van der Waals surface area contributed by atoms with Crippen LogP contribution in [0.25, 0.3) is 0 Å². The van der Waals surface area contributed by atoms with Gasteiger partial charge >= 0.3 is 0 Å². The van der Waals surface area contributed by atoms with Crippen LogP contribution in [0.5, 0.6) is 11.5 Å². The summed E-state index contributed by atoms with van der Waals surface area (Å²) in [5, 5.41) is 0. The highest BCUT2D eigenvalue weighted by Crippen LogP contribution is 2.27. The first kappa shape index (κ1) is 13.8. The number of nitrogens with zero attached hydrogens (tertiary/aromatic N) is 1. The molecule has 4 heteroatoms. The lowest BCUT2D eigenvalue weighted by molar-refractivity contribution is 0.184. The fourth-order valence-corrected chi connectivity index (χ4v) is 1.95. The van der Waals surface area contributed by atoms with E-state index >= 15 is 0 Å². The molecule has 0 fully saturated rings. The van der Waals surface area contributed by atoms with Gasteiger partial charge in [-0.3, -0.25) is 4.98 Å². The second kappa shape index (κ2) is 6.55. The van der Waals surface area contributed by atoms with Crippen molar-refractivity contribution in [3.05, 3.63) is 53.3 Å². The summed E-state index contributed by atoms with van der Waals surface area (Å²) in [6.45, 7) is 2.49. The highest BCUT2D eigenvalue weighted by atomic mass is 35.5. The molecule has 100 valence electrons. The molecule has 1 heterocycles. The Morgan fingerprint density at radius 3 is 2.84 bits per heavy atom. The summed E-state index contributed by atoms with van der Waals surface area (Å²) in [6, 6.07) is 9.69. The van der Waals surface area contributed by atoms with Gasteiger partial charge in [-0.05, 0) is 24.6 Å². The fourth-order valence-electron chi connectivity index (χ4n) is 1.75. The minimum Gasteiger partial charge on any atom is -0.457 e. The molecule has 0 atom stereocenters. The lowest BCUT2D eigenvalue weighted by Crippen LogP contribution is -1.94. The van der Waals surface area contributed by atoms with Gasteiger partial charge in [-0.2, -0.15) is 0 Å². The lowest BCUT2D eigenvalue weighted by atomic mass is 10.2. The number of halogens is 1. The molecule has 1 aromatic heterocycles.